The first-order valence-corrected chi connectivity index (χ1v) is 24.2. The predicted octanol–water partition coefficient (Wildman–Crippen LogP) is 8.54. The van der Waals surface area contributed by atoms with Crippen molar-refractivity contribution in [3.8, 4) is 28.4 Å². The van der Waals surface area contributed by atoms with Crippen LogP contribution < -0.4 is 19.5 Å². The number of aromatic nitrogens is 2. The fourth-order valence-corrected chi connectivity index (χ4v) is 9.15. The number of H-pyrrole nitrogens is 1. The Hall–Kier alpha value is -7.10. The van der Waals surface area contributed by atoms with E-state index < -0.39 is 18.0 Å². The van der Waals surface area contributed by atoms with Crippen LogP contribution in [-0.2, 0) is 36.9 Å². The molecule has 2 heterocycles. The average molecular weight is 953 g/mol. The van der Waals surface area contributed by atoms with E-state index in [0.717, 1.165) is 102 Å². The number of rotatable bonds is 23. The zero-order chi connectivity index (χ0) is 49.6. The number of benzene rings is 3. The van der Waals surface area contributed by atoms with E-state index in [2.05, 4.69) is 39.2 Å². The first-order chi connectivity index (χ1) is 33.9. The van der Waals surface area contributed by atoms with E-state index in [9.17, 15) is 24.0 Å². The van der Waals surface area contributed by atoms with Gasteiger partial charge in [-0.25, -0.2) is 14.4 Å². The van der Waals surface area contributed by atoms with Crippen molar-refractivity contribution in [1.82, 2.24) is 24.9 Å². The molecule has 15 heteroatoms. The lowest BCUT2D eigenvalue weighted by Crippen LogP contribution is -2.37. The molecule has 0 spiro atoms. The summed E-state index contributed by atoms with van der Waals surface area (Å²) in [6.07, 6.45) is 11.7. The van der Waals surface area contributed by atoms with Crippen molar-refractivity contribution in [3.05, 3.63) is 130 Å². The number of nitrogens with one attached hydrogen (secondary N) is 2. The molecule has 1 aromatic heterocycles. The van der Waals surface area contributed by atoms with Crippen LogP contribution in [0.3, 0.4) is 0 Å². The highest BCUT2D eigenvalue weighted by Gasteiger charge is 2.29. The smallest absolute Gasteiger partial charge is 0.336 e. The van der Waals surface area contributed by atoms with Gasteiger partial charge in [0.15, 0.2) is 11.6 Å². The number of Topliss-reactive ketones (excluding diaryl/α,β-unsaturated/α-hetero) is 2. The van der Waals surface area contributed by atoms with E-state index in [4.69, 9.17) is 18.9 Å². The minimum Gasteiger partial charge on any atom is -0.497 e. The first-order valence-electron chi connectivity index (χ1n) is 24.2. The third-order valence-electron chi connectivity index (χ3n) is 13.0. The molecule has 2 amide bonds. The zero-order valence-electron chi connectivity index (χ0n) is 40.9. The molecule has 0 unspecified atom stereocenters. The summed E-state index contributed by atoms with van der Waals surface area (Å²) < 4.78 is 22.8. The monoisotopic (exact) mass is 952 g/mol. The second-order valence-electron chi connectivity index (χ2n) is 17.7. The SMILES string of the molecule is CCN(CC)CCCC(=O)C1=C(C)CC(/C=C2\C(=O)Cc3ccc(OC(=O)/C=C\C(=O)OCCN(Cc4cccc(OC)c4)C(=O)Nc4ccc(-c5cn[nH]c5)cc4OCCN4CCCC4)cc32)=C1C. The van der Waals surface area contributed by atoms with Gasteiger partial charge in [0.1, 0.15) is 30.5 Å². The zero-order valence-corrected chi connectivity index (χ0v) is 40.9. The summed E-state index contributed by atoms with van der Waals surface area (Å²) in [6.45, 7) is 14.2. The highest BCUT2D eigenvalue weighted by Crippen LogP contribution is 2.39. The van der Waals surface area contributed by atoms with Crippen molar-refractivity contribution in [2.24, 2.45) is 0 Å². The summed E-state index contributed by atoms with van der Waals surface area (Å²) in [5, 5.41) is 9.92. The number of ketones is 2. The van der Waals surface area contributed by atoms with E-state index in [1.807, 2.05) is 56.3 Å². The van der Waals surface area contributed by atoms with Crippen LogP contribution in [0.1, 0.15) is 76.5 Å². The maximum Gasteiger partial charge on any atom is 0.336 e. The van der Waals surface area contributed by atoms with Gasteiger partial charge in [0.05, 0.1) is 25.5 Å². The number of hydrogen-bond donors (Lipinski definition) is 2. The number of allylic oxidation sites excluding steroid dienone is 6. The number of amides is 2. The number of likely N-dealkylation sites (tertiary alicyclic amines) is 1. The van der Waals surface area contributed by atoms with Crippen molar-refractivity contribution in [1.29, 1.82) is 0 Å². The number of anilines is 1. The maximum absolute atomic E-state index is 14.1. The summed E-state index contributed by atoms with van der Waals surface area (Å²) in [5.74, 6) is -0.223. The third-order valence-corrected chi connectivity index (χ3v) is 13.0. The second-order valence-corrected chi connectivity index (χ2v) is 17.7. The Morgan fingerprint density at radius 2 is 1.69 bits per heavy atom. The molecule has 0 radical (unpaired) electrons. The number of hydrogen-bond acceptors (Lipinski definition) is 12. The van der Waals surface area contributed by atoms with Gasteiger partial charge in [-0.2, -0.15) is 5.10 Å². The summed E-state index contributed by atoms with van der Waals surface area (Å²) in [7, 11) is 1.57. The van der Waals surface area contributed by atoms with Crippen LogP contribution in [0.15, 0.2) is 114 Å². The van der Waals surface area contributed by atoms with Crippen LogP contribution in [0.25, 0.3) is 16.7 Å². The molecule has 3 aliphatic rings. The molecule has 0 atom stereocenters. The molecule has 2 N–H and O–H groups in total. The molecule has 3 aromatic carbocycles. The number of ether oxygens (including phenoxy) is 4. The van der Waals surface area contributed by atoms with Crippen LogP contribution in [0, 0.1) is 0 Å². The number of esters is 2. The number of methoxy groups -OCH3 is 1. The van der Waals surface area contributed by atoms with E-state index in [1.165, 1.54) is 17.7 Å². The molecule has 0 saturated carbocycles. The number of carbonyl (C=O) groups excluding carboxylic acids is 5. The van der Waals surface area contributed by atoms with Crippen molar-refractivity contribution in [2.75, 3.05) is 71.5 Å². The Bertz CT molecular complexity index is 2670. The molecule has 1 saturated heterocycles. The largest absolute Gasteiger partial charge is 0.497 e. The molecule has 368 valence electrons. The van der Waals surface area contributed by atoms with E-state index in [0.29, 0.717) is 47.8 Å². The van der Waals surface area contributed by atoms with E-state index >= 15 is 0 Å². The highest BCUT2D eigenvalue weighted by molar-refractivity contribution is 6.26. The van der Waals surface area contributed by atoms with Gasteiger partial charge in [-0.3, -0.25) is 19.6 Å². The second kappa shape index (κ2) is 24.4. The summed E-state index contributed by atoms with van der Waals surface area (Å²) >= 11 is 0. The van der Waals surface area contributed by atoms with Gasteiger partial charge in [0.25, 0.3) is 0 Å². The molecule has 2 aliphatic carbocycles. The van der Waals surface area contributed by atoms with Crippen molar-refractivity contribution in [3.63, 3.8) is 0 Å². The Labute approximate surface area is 410 Å². The maximum atomic E-state index is 14.1. The van der Waals surface area contributed by atoms with Crippen LogP contribution >= 0.6 is 0 Å². The van der Waals surface area contributed by atoms with Gasteiger partial charge in [-0.05, 0) is 148 Å². The van der Waals surface area contributed by atoms with Crippen molar-refractivity contribution in [2.45, 2.75) is 72.8 Å². The molecule has 7 rings (SSSR count). The topological polar surface area (TPSA) is 173 Å². The Morgan fingerprint density at radius 1 is 0.886 bits per heavy atom. The normalized spacial score (nSPS) is 15.3. The average Bonchev–Trinajstić information content (AvgIpc) is 4.19. The van der Waals surface area contributed by atoms with Gasteiger partial charge >= 0.3 is 18.0 Å². The number of fused-ring (bicyclic) bond motifs is 1. The summed E-state index contributed by atoms with van der Waals surface area (Å²) in [4.78, 5) is 72.8. The van der Waals surface area contributed by atoms with Crippen LogP contribution in [0.2, 0.25) is 0 Å². The minimum absolute atomic E-state index is 0.00957. The van der Waals surface area contributed by atoms with E-state index in [-0.39, 0.29) is 43.4 Å². The fourth-order valence-electron chi connectivity index (χ4n) is 9.15. The van der Waals surface area contributed by atoms with Gasteiger partial charge < -0.3 is 34.1 Å². The van der Waals surface area contributed by atoms with Crippen molar-refractivity contribution >= 4 is 40.8 Å². The lowest BCUT2D eigenvalue weighted by Gasteiger charge is -2.24. The molecular formula is C55H64N6O9. The number of nitrogens with zero attached hydrogens (tertiary/aromatic N) is 4. The molecule has 4 aromatic rings. The summed E-state index contributed by atoms with van der Waals surface area (Å²) in [6, 6.07) is 17.4. The predicted molar refractivity (Wildman–Crippen MR) is 269 cm³/mol. The lowest BCUT2D eigenvalue weighted by molar-refractivity contribution is -0.138. The Balaban J connectivity index is 0.966. The molecule has 15 nitrogen and oxygen atoms in total. The number of urea groups is 1. The lowest BCUT2D eigenvalue weighted by atomic mass is 9.98. The Morgan fingerprint density at radius 3 is 2.44 bits per heavy atom. The molecule has 1 aliphatic heterocycles. The van der Waals surface area contributed by atoms with Crippen LogP contribution in [0.5, 0.6) is 17.2 Å². The van der Waals surface area contributed by atoms with Gasteiger partial charge in [0.2, 0.25) is 0 Å². The molecule has 0 bridgehead atoms. The van der Waals surface area contributed by atoms with Crippen molar-refractivity contribution < 1.29 is 42.9 Å². The quantitative estimate of drug-likeness (QED) is 0.0413. The molecular weight excluding hydrogens is 889 g/mol. The number of carbonyl (C=O) groups is 5. The molecule has 1 fully saturated rings. The highest BCUT2D eigenvalue weighted by atomic mass is 16.5. The van der Waals surface area contributed by atoms with Gasteiger partial charge in [-0.15, -0.1) is 0 Å². The standard InChI is InChI=1S/C55H64N6O9/c1-6-59(7-2)23-11-14-49(62)54-37(3)28-42(38(54)4)30-47-46-33-45(17-15-41(46)31-50(47)63)70-53(65)20-19-52(64)69-27-25-61(36-39-12-10-13-44(29-39)67-5)55(66)58-48-18-16-40(43-34-56-57-35-43)32-51(48)68-26-24-60-21-8-9-22-60/h10,12-13,15-20,29-30,32-35H,6-9,11,14,21-28,31,36H2,1-5H3,(H,56,57)(H,58,66)/b20-19-,47-30-. The number of aromatic amines is 1. The summed E-state index contributed by atoms with van der Waals surface area (Å²) in [5.41, 5.74) is 8.54. The van der Waals surface area contributed by atoms with E-state index in [1.54, 1.807) is 43.8 Å². The Kier molecular flexibility index (Phi) is 17.7. The van der Waals surface area contributed by atoms with Crippen LogP contribution in [-0.4, -0.2) is 121 Å². The first kappa shape index (κ1) is 50.8. The van der Waals surface area contributed by atoms with Gasteiger partial charge in [0, 0.05) is 61.0 Å². The van der Waals surface area contributed by atoms with Gasteiger partial charge in [-0.1, -0.05) is 43.7 Å². The van der Waals surface area contributed by atoms with Crippen LogP contribution in [0.4, 0.5) is 10.5 Å². The minimum atomic E-state index is -0.818. The molecule has 70 heavy (non-hydrogen) atoms. The fraction of sp³-hybridized carbons (Fsp3) is 0.382. The third kappa shape index (κ3) is 13.4.